The van der Waals surface area contributed by atoms with Crippen molar-refractivity contribution in [2.75, 3.05) is 0 Å². The summed E-state index contributed by atoms with van der Waals surface area (Å²) in [7, 11) is 0. The van der Waals surface area contributed by atoms with Crippen LogP contribution < -0.4 is 9.47 Å². The van der Waals surface area contributed by atoms with Crippen LogP contribution in [0.3, 0.4) is 0 Å². The molecule has 0 unspecified atom stereocenters. The molecule has 0 fully saturated rings. The van der Waals surface area contributed by atoms with Crippen molar-refractivity contribution in [3.8, 4) is 23.0 Å². The lowest BCUT2D eigenvalue weighted by molar-refractivity contribution is 0.0423. The van der Waals surface area contributed by atoms with Crippen molar-refractivity contribution in [3.63, 3.8) is 0 Å². The molecular formula is C30H16F2O7. The van der Waals surface area contributed by atoms with Gasteiger partial charge in [-0.3, -0.25) is 0 Å². The van der Waals surface area contributed by atoms with Crippen molar-refractivity contribution >= 4 is 23.7 Å². The minimum Gasteiger partial charge on any atom is -0.457 e. The Balaban J connectivity index is 1.15. The van der Waals surface area contributed by atoms with Gasteiger partial charge in [0.1, 0.15) is 28.8 Å². The number of halogens is 2. The zero-order valence-corrected chi connectivity index (χ0v) is 19.9. The highest BCUT2D eigenvalue weighted by atomic mass is 19.3. The van der Waals surface area contributed by atoms with Gasteiger partial charge in [-0.1, -0.05) is 6.58 Å². The molecule has 0 aromatic heterocycles. The molecule has 0 atom stereocenters. The summed E-state index contributed by atoms with van der Waals surface area (Å²) in [5.41, 5.74) is 0.608. The average Bonchev–Trinajstić information content (AvgIpc) is 3.37. The molecule has 2 aliphatic rings. The summed E-state index contributed by atoms with van der Waals surface area (Å²) in [6.45, 7) is 3.67. The third-order valence-electron chi connectivity index (χ3n) is 6.25. The van der Waals surface area contributed by atoms with Crippen LogP contribution in [0.4, 0.5) is 8.78 Å². The van der Waals surface area contributed by atoms with E-state index in [4.69, 9.17) is 14.2 Å². The van der Waals surface area contributed by atoms with Crippen molar-refractivity contribution < 1.29 is 42.1 Å². The molecule has 192 valence electrons. The van der Waals surface area contributed by atoms with Crippen LogP contribution in [0.25, 0.3) is 5.76 Å². The lowest BCUT2D eigenvalue weighted by atomic mass is 10.00. The van der Waals surface area contributed by atoms with Gasteiger partial charge in [-0.25, -0.2) is 14.4 Å². The van der Waals surface area contributed by atoms with Gasteiger partial charge in [-0.05, 0) is 84.9 Å². The number of rotatable bonds is 6. The SMILES string of the molecule is C=C1OC(=O)c2cc(Oc3ccc(C(F)(F)c4ccc(Oc5ccc6c(c5)C(=O)OC6=O)cc4)cc3)ccc21. The molecule has 9 heteroatoms. The molecule has 2 heterocycles. The van der Waals surface area contributed by atoms with Crippen molar-refractivity contribution in [2.24, 2.45) is 0 Å². The molecule has 0 radical (unpaired) electrons. The fraction of sp³-hybridized carbons (Fsp3) is 0.0333. The van der Waals surface area contributed by atoms with Crippen LogP contribution in [0.2, 0.25) is 0 Å². The van der Waals surface area contributed by atoms with E-state index < -0.39 is 23.8 Å². The molecule has 0 spiro atoms. The van der Waals surface area contributed by atoms with Gasteiger partial charge in [0.15, 0.2) is 0 Å². The molecule has 6 rings (SSSR count). The number of benzene rings is 4. The highest BCUT2D eigenvalue weighted by Gasteiger charge is 2.34. The molecule has 0 bridgehead atoms. The summed E-state index contributed by atoms with van der Waals surface area (Å²) in [6.07, 6.45) is 0. The Morgan fingerprint density at radius 3 is 1.49 bits per heavy atom. The van der Waals surface area contributed by atoms with Crippen molar-refractivity contribution in [3.05, 3.63) is 125 Å². The molecule has 0 amide bonds. The molecule has 4 aromatic carbocycles. The molecule has 7 nitrogen and oxygen atoms in total. The predicted molar refractivity (Wildman–Crippen MR) is 133 cm³/mol. The summed E-state index contributed by atoms with van der Waals surface area (Å²) in [5.74, 6) is -3.90. The molecular weight excluding hydrogens is 510 g/mol. The Kier molecular flexibility index (Phi) is 5.50. The lowest BCUT2D eigenvalue weighted by Crippen LogP contribution is -2.14. The zero-order chi connectivity index (χ0) is 27.3. The van der Waals surface area contributed by atoms with Crippen LogP contribution >= 0.6 is 0 Å². The Morgan fingerprint density at radius 1 is 0.538 bits per heavy atom. The lowest BCUT2D eigenvalue weighted by Gasteiger charge is -2.18. The van der Waals surface area contributed by atoms with Gasteiger partial charge >= 0.3 is 17.9 Å². The topological polar surface area (TPSA) is 88.1 Å². The van der Waals surface area contributed by atoms with Crippen LogP contribution in [0, 0.1) is 0 Å². The summed E-state index contributed by atoms with van der Waals surface area (Å²) in [6, 6.07) is 19.6. The fourth-order valence-electron chi connectivity index (χ4n) is 4.25. The fourth-order valence-corrected chi connectivity index (χ4v) is 4.25. The molecule has 4 aromatic rings. The smallest absolute Gasteiger partial charge is 0.347 e. The van der Waals surface area contributed by atoms with E-state index >= 15 is 8.78 Å². The zero-order valence-electron chi connectivity index (χ0n) is 19.9. The number of ether oxygens (including phenoxy) is 4. The largest absolute Gasteiger partial charge is 0.457 e. The number of alkyl halides is 2. The summed E-state index contributed by atoms with van der Waals surface area (Å²) < 4.78 is 51.4. The number of hydrogen-bond donors (Lipinski definition) is 0. The average molecular weight is 526 g/mol. The second kappa shape index (κ2) is 8.91. The van der Waals surface area contributed by atoms with E-state index in [1.54, 1.807) is 12.1 Å². The van der Waals surface area contributed by atoms with Crippen LogP contribution in [0.5, 0.6) is 23.0 Å². The molecule has 0 saturated carbocycles. The van der Waals surface area contributed by atoms with E-state index in [9.17, 15) is 14.4 Å². The van der Waals surface area contributed by atoms with E-state index in [1.807, 2.05) is 0 Å². The van der Waals surface area contributed by atoms with Gasteiger partial charge in [0.05, 0.1) is 16.7 Å². The van der Waals surface area contributed by atoms with E-state index in [0.29, 0.717) is 22.6 Å². The number of fused-ring (bicyclic) bond motifs is 2. The first-order valence-corrected chi connectivity index (χ1v) is 11.6. The first-order chi connectivity index (χ1) is 18.7. The highest BCUT2D eigenvalue weighted by molar-refractivity contribution is 6.14. The van der Waals surface area contributed by atoms with Gasteiger partial charge in [-0.15, -0.1) is 0 Å². The second-order valence-electron chi connectivity index (χ2n) is 8.73. The first kappa shape index (κ1) is 24.1. The minimum absolute atomic E-state index is 0.0812. The third-order valence-corrected chi connectivity index (χ3v) is 6.25. The van der Waals surface area contributed by atoms with Gasteiger partial charge in [0.2, 0.25) is 0 Å². The van der Waals surface area contributed by atoms with Crippen LogP contribution in [-0.4, -0.2) is 17.9 Å². The maximum absolute atomic E-state index is 15.2. The number of cyclic esters (lactones) is 3. The van der Waals surface area contributed by atoms with Gasteiger partial charge in [-0.2, -0.15) is 8.78 Å². The van der Waals surface area contributed by atoms with Gasteiger partial charge < -0.3 is 18.9 Å². The van der Waals surface area contributed by atoms with E-state index in [-0.39, 0.29) is 39.5 Å². The predicted octanol–water partition coefficient (Wildman–Crippen LogP) is 6.86. The molecule has 0 saturated heterocycles. The first-order valence-electron chi connectivity index (χ1n) is 11.6. The second-order valence-corrected chi connectivity index (χ2v) is 8.73. The van der Waals surface area contributed by atoms with Crippen molar-refractivity contribution in [2.45, 2.75) is 5.92 Å². The number of carbonyl (C=O) groups excluding carboxylic acids is 3. The minimum atomic E-state index is -3.31. The van der Waals surface area contributed by atoms with Crippen LogP contribution in [0.15, 0.2) is 91.5 Å². The monoisotopic (exact) mass is 526 g/mol. The number of hydrogen-bond acceptors (Lipinski definition) is 7. The van der Waals surface area contributed by atoms with E-state index in [2.05, 4.69) is 11.3 Å². The molecule has 2 aliphatic heterocycles. The standard InChI is InChI=1S/C30H16F2O7/c1-16-23-12-10-21(14-25(23)28(34)36-16)37-19-6-2-17(3-7-19)30(31,32)18-4-8-20(9-5-18)38-22-11-13-24-26(15-22)29(35)39-27(24)33/h2-15H,1H2. The van der Waals surface area contributed by atoms with Gasteiger partial charge in [0, 0.05) is 16.7 Å². The molecule has 39 heavy (non-hydrogen) atoms. The highest BCUT2D eigenvalue weighted by Crippen LogP contribution is 2.39. The van der Waals surface area contributed by atoms with E-state index in [1.165, 1.54) is 72.8 Å². The Morgan fingerprint density at radius 2 is 0.949 bits per heavy atom. The molecule has 0 aliphatic carbocycles. The maximum atomic E-state index is 15.2. The summed E-state index contributed by atoms with van der Waals surface area (Å²) >= 11 is 0. The number of carbonyl (C=O) groups is 3. The van der Waals surface area contributed by atoms with Crippen LogP contribution in [0.1, 0.15) is 47.8 Å². The summed E-state index contributed by atoms with van der Waals surface area (Å²) in [4.78, 5) is 35.2. The Bertz CT molecular complexity index is 1560. The molecule has 0 N–H and O–H groups in total. The Hall–Kier alpha value is -5.31. The normalized spacial score (nSPS) is 14.0. The Labute approximate surface area is 219 Å². The van der Waals surface area contributed by atoms with Crippen LogP contribution in [-0.2, 0) is 15.4 Å². The van der Waals surface area contributed by atoms with E-state index in [0.717, 1.165) is 0 Å². The quantitative estimate of drug-likeness (QED) is 0.200. The van der Waals surface area contributed by atoms with Crippen molar-refractivity contribution in [1.29, 1.82) is 0 Å². The number of esters is 3. The maximum Gasteiger partial charge on any atom is 0.347 e. The van der Waals surface area contributed by atoms with Crippen molar-refractivity contribution in [1.82, 2.24) is 0 Å². The van der Waals surface area contributed by atoms with Gasteiger partial charge in [0.25, 0.3) is 5.92 Å². The third kappa shape index (κ3) is 4.29. The summed E-state index contributed by atoms with van der Waals surface area (Å²) in [5, 5.41) is 0.